The predicted molar refractivity (Wildman–Crippen MR) is 185 cm³/mol. The second-order valence-electron chi connectivity index (χ2n) is 13.9. The highest BCUT2D eigenvalue weighted by molar-refractivity contribution is 7.13. The van der Waals surface area contributed by atoms with Crippen molar-refractivity contribution in [1.82, 2.24) is 0 Å². The molecule has 0 unspecified atom stereocenters. The average molecular weight is 565 g/mol. The van der Waals surface area contributed by atoms with E-state index in [1.165, 1.54) is 75.5 Å². The van der Waals surface area contributed by atoms with Gasteiger partial charge in [0.15, 0.2) is 0 Å². The minimum atomic E-state index is -1.79. The summed E-state index contributed by atoms with van der Waals surface area (Å²) >= 11 is 0. The van der Waals surface area contributed by atoms with Gasteiger partial charge in [-0.3, -0.25) is 0 Å². The molecule has 0 radical (unpaired) electrons. The minimum Gasteiger partial charge on any atom is -0.0654 e. The molecule has 3 aliphatic rings. The third-order valence-corrected chi connectivity index (χ3v) is 25.7. The number of benzene rings is 4. The van der Waals surface area contributed by atoms with Gasteiger partial charge in [0.2, 0.25) is 0 Å². The first-order valence-corrected chi connectivity index (χ1v) is 24.3. The topological polar surface area (TPSA) is 0 Å². The van der Waals surface area contributed by atoms with Gasteiger partial charge in [-0.1, -0.05) is 129 Å². The maximum Gasteiger partial charge on any atom is 0.119 e. The molecule has 3 heteroatoms. The van der Waals surface area contributed by atoms with E-state index in [-0.39, 0.29) is 0 Å². The van der Waals surface area contributed by atoms with Crippen molar-refractivity contribution < 1.29 is 0 Å². The first-order chi connectivity index (χ1) is 18.9. The van der Waals surface area contributed by atoms with Gasteiger partial charge in [0, 0.05) is 0 Å². The van der Waals surface area contributed by atoms with Crippen LogP contribution in [-0.4, -0.2) is 24.2 Å². The molecular weight excluding hydrogens is 517 g/mol. The molecule has 0 atom stereocenters. The summed E-state index contributed by atoms with van der Waals surface area (Å²) in [6.07, 6.45) is 10.8. The van der Waals surface area contributed by atoms with Gasteiger partial charge < -0.3 is 0 Å². The molecule has 4 aromatic carbocycles. The Balaban J connectivity index is 1.68. The minimum absolute atomic E-state index is 1.32. The Morgan fingerprint density at radius 3 is 0.872 bits per heavy atom. The van der Waals surface area contributed by atoms with E-state index in [0.29, 0.717) is 0 Å². The molecule has 0 N–H and O–H groups in total. The lowest BCUT2D eigenvalue weighted by Gasteiger charge is -2.32. The summed E-state index contributed by atoms with van der Waals surface area (Å²) < 4.78 is 0. The smallest absolute Gasteiger partial charge is 0.0654 e. The van der Waals surface area contributed by atoms with Crippen molar-refractivity contribution in [2.45, 2.75) is 116 Å². The highest BCUT2D eigenvalue weighted by atomic mass is 28.3. The monoisotopic (exact) mass is 564 g/mol. The molecule has 39 heavy (non-hydrogen) atoms. The van der Waals surface area contributed by atoms with Crippen molar-refractivity contribution in [3.8, 4) is 0 Å². The molecule has 3 heterocycles. The predicted octanol–water partition coefficient (Wildman–Crippen LogP) is 7.24. The molecular formula is C36H48Si3. The van der Waals surface area contributed by atoms with Gasteiger partial charge in [-0.05, 0) is 87.6 Å². The van der Waals surface area contributed by atoms with Gasteiger partial charge in [-0.25, -0.2) is 0 Å². The van der Waals surface area contributed by atoms with Gasteiger partial charge in [-0.15, -0.1) is 0 Å². The summed E-state index contributed by atoms with van der Waals surface area (Å²) in [6.45, 7) is 14.9. The van der Waals surface area contributed by atoms with Crippen molar-refractivity contribution in [1.29, 1.82) is 0 Å². The van der Waals surface area contributed by atoms with E-state index in [9.17, 15) is 0 Å². The van der Waals surface area contributed by atoms with Crippen LogP contribution in [0.15, 0.2) is 36.4 Å². The maximum atomic E-state index is 2.76. The van der Waals surface area contributed by atoms with Crippen molar-refractivity contribution in [2.24, 2.45) is 0 Å². The van der Waals surface area contributed by atoms with Crippen molar-refractivity contribution in [3.05, 3.63) is 36.4 Å². The van der Waals surface area contributed by atoms with Crippen LogP contribution in [-0.2, 0) is 0 Å². The molecule has 0 nitrogen and oxygen atoms in total. The van der Waals surface area contributed by atoms with E-state index in [2.05, 4.69) is 77.2 Å². The van der Waals surface area contributed by atoms with Crippen molar-refractivity contribution in [3.63, 3.8) is 0 Å². The second-order valence-corrected chi connectivity index (χ2v) is 26.7. The highest BCUT2D eigenvalue weighted by Crippen LogP contribution is 2.46. The van der Waals surface area contributed by atoms with Crippen molar-refractivity contribution in [2.75, 3.05) is 0 Å². The zero-order valence-corrected chi connectivity index (χ0v) is 28.4. The molecule has 0 aromatic heterocycles. The zero-order valence-electron chi connectivity index (χ0n) is 25.4. The molecule has 204 valence electrons. The number of hydrogen-bond acceptors (Lipinski definition) is 0. The molecule has 0 saturated carbocycles. The van der Waals surface area contributed by atoms with E-state index in [4.69, 9.17) is 0 Å². The number of hydrogen-bond donors (Lipinski definition) is 0. The largest absolute Gasteiger partial charge is 0.119 e. The van der Waals surface area contributed by atoms with E-state index < -0.39 is 24.2 Å². The van der Waals surface area contributed by atoms with Gasteiger partial charge in [0.1, 0.15) is 24.2 Å². The lowest BCUT2D eigenvalue weighted by molar-refractivity contribution is 0.838. The van der Waals surface area contributed by atoms with Crippen LogP contribution in [0.5, 0.6) is 0 Å². The third-order valence-electron chi connectivity index (χ3n) is 11.6. The molecule has 0 saturated heterocycles. The molecule has 3 aliphatic heterocycles. The van der Waals surface area contributed by atoms with Crippen LogP contribution in [0.2, 0.25) is 37.3 Å². The number of rotatable bonds is 12. The van der Waals surface area contributed by atoms with E-state index >= 15 is 0 Å². The Labute approximate surface area is 239 Å². The molecule has 0 aliphatic carbocycles. The zero-order chi connectivity index (χ0) is 27.2. The van der Waals surface area contributed by atoms with Gasteiger partial charge in [0.25, 0.3) is 0 Å². The second kappa shape index (κ2) is 9.16. The summed E-state index contributed by atoms with van der Waals surface area (Å²) in [7, 11) is -5.29. The Hall–Kier alpha value is -1.69. The first-order valence-electron chi connectivity index (χ1n) is 16.5. The van der Waals surface area contributed by atoms with E-state index in [1.807, 2.05) is 20.7 Å². The van der Waals surface area contributed by atoms with Crippen LogP contribution in [0.25, 0.3) is 32.3 Å². The maximum absolute atomic E-state index is 2.76. The summed E-state index contributed by atoms with van der Waals surface area (Å²) in [5, 5.41) is 21.6. The normalized spacial score (nSPS) is 18.3. The molecule has 0 spiro atoms. The fraction of sp³-hybridized carbons (Fsp3) is 0.500. The summed E-state index contributed by atoms with van der Waals surface area (Å²) in [4.78, 5) is 0. The van der Waals surface area contributed by atoms with Crippen molar-refractivity contribution >= 4 is 87.7 Å². The Morgan fingerprint density at radius 1 is 0.385 bits per heavy atom. The van der Waals surface area contributed by atoms with Crippen LogP contribution in [0.1, 0.15) is 79.1 Å². The lowest BCUT2D eigenvalue weighted by Crippen LogP contribution is -2.57. The van der Waals surface area contributed by atoms with Crippen LogP contribution >= 0.6 is 0 Å². The molecule has 0 bridgehead atoms. The SMILES string of the molecule is CCCC[Si]1(CCCC)c2ccc3c4c5c(ccc6c5c5c(ccc1c5c24)[Si]6(CCCC)CCCC)[Si]3(C)C. The molecule has 4 aromatic rings. The van der Waals surface area contributed by atoms with Crippen LogP contribution in [0, 0.1) is 0 Å². The average Bonchev–Trinajstić information content (AvgIpc) is 3.48. The van der Waals surface area contributed by atoms with Gasteiger partial charge in [0.05, 0.1) is 0 Å². The summed E-state index contributed by atoms with van der Waals surface area (Å²) in [5.74, 6) is 0. The Bertz CT molecular complexity index is 1510. The fourth-order valence-electron chi connectivity index (χ4n) is 9.68. The fourth-order valence-corrected chi connectivity index (χ4v) is 24.3. The Kier molecular flexibility index (Phi) is 6.16. The standard InChI is InChI=1S/C36H48Si3/c1-7-11-21-38(22-12-8-2)27-17-15-25-31-32-26(37(25,5)6)16-18-28-34(32)36-30(20-19-29(38)35(36)33(27)31)39(28,23-13-9-3)24-14-10-4/h15-20H,7-14,21-24H2,1-6H3. The summed E-state index contributed by atoms with van der Waals surface area (Å²) in [5.41, 5.74) is 0. The van der Waals surface area contributed by atoms with Crippen LogP contribution in [0.4, 0.5) is 0 Å². The highest BCUT2D eigenvalue weighted by Gasteiger charge is 2.51. The quantitative estimate of drug-likeness (QED) is 0.126. The molecule has 0 amide bonds. The third kappa shape index (κ3) is 3.11. The molecule has 0 fully saturated rings. The summed E-state index contributed by atoms with van der Waals surface area (Å²) in [6, 6.07) is 22.1. The van der Waals surface area contributed by atoms with E-state index in [0.717, 1.165) is 0 Å². The lowest BCUT2D eigenvalue weighted by atomic mass is 9.95. The van der Waals surface area contributed by atoms with E-state index in [1.54, 1.807) is 42.7 Å². The molecule has 7 rings (SSSR count). The number of unbranched alkanes of at least 4 members (excludes halogenated alkanes) is 4. The first kappa shape index (κ1) is 26.2. The van der Waals surface area contributed by atoms with Crippen LogP contribution in [0.3, 0.4) is 0 Å². The van der Waals surface area contributed by atoms with Crippen LogP contribution < -0.4 is 31.1 Å². The van der Waals surface area contributed by atoms with Gasteiger partial charge in [-0.2, -0.15) is 0 Å². The van der Waals surface area contributed by atoms with Gasteiger partial charge >= 0.3 is 0 Å². The Morgan fingerprint density at radius 2 is 0.615 bits per heavy atom.